The molecule has 0 radical (unpaired) electrons. The molecule has 0 atom stereocenters. The highest BCUT2D eigenvalue weighted by molar-refractivity contribution is 7.92. The van der Waals surface area contributed by atoms with Crippen LogP contribution in [0.15, 0.2) is 83.8 Å². The summed E-state index contributed by atoms with van der Waals surface area (Å²) < 4.78 is 27.8. The predicted octanol–water partition coefficient (Wildman–Crippen LogP) is 5.69. The first-order valence-electron chi connectivity index (χ1n) is 10.4. The Labute approximate surface area is 194 Å². The lowest BCUT2D eigenvalue weighted by Crippen LogP contribution is -2.13. The van der Waals surface area contributed by atoms with E-state index in [1.165, 1.54) is 5.56 Å². The fourth-order valence-electron chi connectivity index (χ4n) is 3.22. The third-order valence-corrected chi connectivity index (χ3v) is 6.25. The molecule has 0 amide bonds. The third-order valence-electron chi connectivity index (χ3n) is 4.87. The van der Waals surface area contributed by atoms with E-state index in [0.29, 0.717) is 17.5 Å². The van der Waals surface area contributed by atoms with E-state index in [-0.39, 0.29) is 4.90 Å². The van der Waals surface area contributed by atoms with Crippen molar-refractivity contribution in [2.24, 2.45) is 0 Å². The van der Waals surface area contributed by atoms with Crippen LogP contribution in [0.25, 0.3) is 0 Å². The predicted molar refractivity (Wildman–Crippen MR) is 133 cm³/mol. The summed E-state index contributed by atoms with van der Waals surface area (Å²) in [6.45, 7) is 5.80. The van der Waals surface area contributed by atoms with Crippen molar-refractivity contribution < 1.29 is 8.42 Å². The molecule has 0 saturated heterocycles. The highest BCUT2D eigenvalue weighted by Crippen LogP contribution is 2.22. The lowest BCUT2D eigenvalue weighted by Gasteiger charge is -2.12. The second kappa shape index (κ2) is 9.30. The molecule has 0 bridgehead atoms. The van der Waals surface area contributed by atoms with E-state index in [9.17, 15) is 8.42 Å². The van der Waals surface area contributed by atoms with Crippen LogP contribution in [-0.2, 0) is 10.0 Å². The molecule has 0 aliphatic carbocycles. The van der Waals surface area contributed by atoms with Gasteiger partial charge in [0, 0.05) is 28.8 Å². The summed E-state index contributed by atoms with van der Waals surface area (Å²) in [5.41, 5.74) is 5.02. The van der Waals surface area contributed by atoms with Crippen LogP contribution in [0.1, 0.15) is 16.8 Å². The molecule has 33 heavy (non-hydrogen) atoms. The van der Waals surface area contributed by atoms with Crippen molar-refractivity contribution in [3.05, 3.63) is 95.7 Å². The highest BCUT2D eigenvalue weighted by atomic mass is 32.2. The van der Waals surface area contributed by atoms with Crippen LogP contribution in [0.5, 0.6) is 0 Å². The molecule has 4 aromatic rings. The molecule has 1 heterocycles. The van der Waals surface area contributed by atoms with Crippen LogP contribution >= 0.6 is 0 Å². The van der Waals surface area contributed by atoms with Gasteiger partial charge < -0.3 is 10.6 Å². The SMILES string of the molecule is Cc1ccc(Nc2cc(C)nc(Nc3ccc(NS(=O)(=O)c4cccc(C)c4)cc3)n2)cc1. The van der Waals surface area contributed by atoms with E-state index in [2.05, 4.69) is 25.3 Å². The Bertz CT molecular complexity index is 1370. The summed E-state index contributed by atoms with van der Waals surface area (Å²) in [5.74, 6) is 1.12. The maximum absolute atomic E-state index is 12.6. The average Bonchev–Trinajstić information content (AvgIpc) is 2.76. The molecular formula is C25H25N5O2S. The fourth-order valence-corrected chi connectivity index (χ4v) is 4.38. The van der Waals surface area contributed by atoms with Gasteiger partial charge in [0.1, 0.15) is 5.82 Å². The highest BCUT2D eigenvalue weighted by Gasteiger charge is 2.14. The van der Waals surface area contributed by atoms with E-state index in [4.69, 9.17) is 0 Å². The van der Waals surface area contributed by atoms with E-state index in [1.54, 1.807) is 42.5 Å². The molecule has 0 fully saturated rings. The number of benzene rings is 3. The van der Waals surface area contributed by atoms with Gasteiger partial charge in [-0.25, -0.2) is 13.4 Å². The molecule has 4 rings (SSSR count). The largest absolute Gasteiger partial charge is 0.340 e. The van der Waals surface area contributed by atoms with Gasteiger partial charge in [-0.3, -0.25) is 4.72 Å². The van der Waals surface area contributed by atoms with Crippen molar-refractivity contribution in [1.82, 2.24) is 9.97 Å². The Morgan fingerprint density at radius 3 is 2.00 bits per heavy atom. The third kappa shape index (κ3) is 5.87. The maximum atomic E-state index is 12.6. The smallest absolute Gasteiger partial charge is 0.261 e. The number of aryl methyl sites for hydroxylation is 3. The Balaban J connectivity index is 1.46. The van der Waals surface area contributed by atoms with Crippen LogP contribution in [0.4, 0.5) is 28.8 Å². The van der Waals surface area contributed by atoms with Gasteiger partial charge in [0.15, 0.2) is 0 Å². The van der Waals surface area contributed by atoms with Gasteiger partial charge in [-0.1, -0.05) is 29.8 Å². The van der Waals surface area contributed by atoms with E-state index in [0.717, 1.165) is 22.6 Å². The minimum Gasteiger partial charge on any atom is -0.340 e. The first kappa shape index (κ1) is 22.3. The Morgan fingerprint density at radius 2 is 1.30 bits per heavy atom. The minimum absolute atomic E-state index is 0.228. The van der Waals surface area contributed by atoms with Crippen LogP contribution in [-0.4, -0.2) is 18.4 Å². The summed E-state index contributed by atoms with van der Waals surface area (Å²) in [5, 5.41) is 6.45. The molecule has 0 aliphatic rings. The number of hydrogen-bond donors (Lipinski definition) is 3. The van der Waals surface area contributed by atoms with Crippen molar-refractivity contribution in [3.8, 4) is 0 Å². The van der Waals surface area contributed by atoms with Crippen LogP contribution in [0, 0.1) is 20.8 Å². The Morgan fingerprint density at radius 1 is 0.667 bits per heavy atom. The summed E-state index contributed by atoms with van der Waals surface area (Å²) in [7, 11) is -3.65. The normalized spacial score (nSPS) is 11.1. The van der Waals surface area contributed by atoms with E-state index in [1.807, 2.05) is 57.2 Å². The summed E-state index contributed by atoms with van der Waals surface area (Å²) in [6, 6.07) is 23.6. The fraction of sp³-hybridized carbons (Fsp3) is 0.120. The molecule has 7 nitrogen and oxygen atoms in total. The number of nitrogens with one attached hydrogen (secondary N) is 3. The van der Waals surface area contributed by atoms with E-state index < -0.39 is 10.0 Å². The number of sulfonamides is 1. The van der Waals surface area contributed by atoms with Gasteiger partial charge in [0.05, 0.1) is 4.90 Å². The average molecular weight is 460 g/mol. The number of hydrogen-bond acceptors (Lipinski definition) is 6. The quantitative estimate of drug-likeness (QED) is 0.329. The number of nitrogens with zero attached hydrogens (tertiary/aromatic N) is 2. The lowest BCUT2D eigenvalue weighted by molar-refractivity contribution is 0.601. The van der Waals surface area contributed by atoms with Crippen molar-refractivity contribution in [3.63, 3.8) is 0 Å². The molecule has 8 heteroatoms. The molecule has 0 aliphatic heterocycles. The van der Waals surface area contributed by atoms with Gasteiger partial charge in [0.2, 0.25) is 5.95 Å². The maximum Gasteiger partial charge on any atom is 0.261 e. The molecule has 3 N–H and O–H groups in total. The first-order valence-corrected chi connectivity index (χ1v) is 11.9. The number of aromatic nitrogens is 2. The molecule has 0 unspecified atom stereocenters. The van der Waals surface area contributed by atoms with Crippen LogP contribution in [0.2, 0.25) is 0 Å². The monoisotopic (exact) mass is 459 g/mol. The second-order valence-electron chi connectivity index (χ2n) is 7.83. The van der Waals surface area contributed by atoms with Gasteiger partial charge in [-0.05, 0) is 74.9 Å². The van der Waals surface area contributed by atoms with Crippen molar-refractivity contribution in [2.75, 3.05) is 15.4 Å². The molecule has 168 valence electrons. The van der Waals surface area contributed by atoms with Gasteiger partial charge in [0.25, 0.3) is 10.0 Å². The Kier molecular flexibility index (Phi) is 6.28. The van der Waals surface area contributed by atoms with Crippen molar-refractivity contribution in [2.45, 2.75) is 25.7 Å². The molecular weight excluding hydrogens is 434 g/mol. The zero-order valence-corrected chi connectivity index (χ0v) is 19.4. The minimum atomic E-state index is -3.65. The number of anilines is 5. The lowest BCUT2D eigenvalue weighted by atomic mass is 10.2. The first-order chi connectivity index (χ1) is 15.8. The molecule has 0 spiro atoms. The summed E-state index contributed by atoms with van der Waals surface area (Å²) in [4.78, 5) is 9.20. The summed E-state index contributed by atoms with van der Waals surface area (Å²) >= 11 is 0. The van der Waals surface area contributed by atoms with Crippen LogP contribution in [0.3, 0.4) is 0 Å². The Hall–Kier alpha value is -3.91. The van der Waals surface area contributed by atoms with Gasteiger partial charge >= 0.3 is 0 Å². The van der Waals surface area contributed by atoms with Crippen molar-refractivity contribution in [1.29, 1.82) is 0 Å². The summed E-state index contributed by atoms with van der Waals surface area (Å²) in [6.07, 6.45) is 0. The van der Waals surface area contributed by atoms with Gasteiger partial charge in [-0.2, -0.15) is 4.98 Å². The van der Waals surface area contributed by atoms with Gasteiger partial charge in [-0.15, -0.1) is 0 Å². The number of rotatable bonds is 7. The van der Waals surface area contributed by atoms with Crippen molar-refractivity contribution >= 4 is 38.9 Å². The molecule has 1 aromatic heterocycles. The van der Waals surface area contributed by atoms with E-state index >= 15 is 0 Å². The zero-order chi connectivity index (χ0) is 23.4. The second-order valence-corrected chi connectivity index (χ2v) is 9.52. The topological polar surface area (TPSA) is 96.0 Å². The van der Waals surface area contributed by atoms with Crippen LogP contribution < -0.4 is 15.4 Å². The molecule has 3 aromatic carbocycles. The standard InChI is InChI=1S/C25H25N5O2S/c1-17-7-9-20(10-8-17)27-24-16-19(3)26-25(29-24)28-21-11-13-22(14-12-21)30-33(31,32)23-6-4-5-18(2)15-23/h4-16,30H,1-3H3,(H2,26,27,28,29). The molecule has 0 saturated carbocycles. The zero-order valence-electron chi connectivity index (χ0n) is 18.6.